The van der Waals surface area contributed by atoms with E-state index in [1.807, 2.05) is 43.9 Å². The maximum atomic E-state index is 12.9. The first-order valence-electron chi connectivity index (χ1n) is 9.57. The van der Waals surface area contributed by atoms with E-state index in [-0.39, 0.29) is 21.9 Å². The smallest absolute Gasteiger partial charge is 0.244 e. The van der Waals surface area contributed by atoms with E-state index in [1.54, 1.807) is 18.2 Å². The minimum absolute atomic E-state index is 0.0978. The van der Waals surface area contributed by atoms with Crippen molar-refractivity contribution in [3.63, 3.8) is 0 Å². The van der Waals surface area contributed by atoms with Gasteiger partial charge in [0.15, 0.2) is 0 Å². The second-order valence-electron chi connectivity index (χ2n) is 7.35. The molecule has 156 valence electrons. The molecule has 1 N–H and O–H groups in total. The average molecular weight is 436 g/mol. The highest BCUT2D eigenvalue weighted by molar-refractivity contribution is 7.89. The van der Waals surface area contributed by atoms with Gasteiger partial charge in [0.2, 0.25) is 15.9 Å². The van der Waals surface area contributed by atoms with Crippen molar-refractivity contribution >= 4 is 33.2 Å². The van der Waals surface area contributed by atoms with Gasteiger partial charge in [-0.25, -0.2) is 8.42 Å². The quantitative estimate of drug-likeness (QED) is 0.782. The second-order valence-corrected chi connectivity index (χ2v) is 9.67. The summed E-state index contributed by atoms with van der Waals surface area (Å²) in [5, 5.41) is 3.20. The number of hydrogen-bond donors (Lipinski definition) is 1. The van der Waals surface area contributed by atoms with Gasteiger partial charge in [0.25, 0.3) is 0 Å². The van der Waals surface area contributed by atoms with Crippen LogP contribution in [0.4, 0.5) is 5.69 Å². The zero-order valence-electron chi connectivity index (χ0n) is 16.9. The van der Waals surface area contributed by atoms with Gasteiger partial charge in [-0.05, 0) is 44.5 Å². The molecule has 1 fully saturated rings. The Kier molecular flexibility index (Phi) is 6.63. The van der Waals surface area contributed by atoms with Crippen molar-refractivity contribution in [1.82, 2.24) is 9.21 Å². The third-order valence-corrected chi connectivity index (χ3v) is 7.69. The SMILES string of the molecule is Cc1ccc(NC(=O)C(C)N2CCN(S(=O)(=O)c3ccccc3Cl)CC2)c(C)c1. The third-order valence-electron chi connectivity index (χ3n) is 5.29. The molecule has 2 aromatic carbocycles. The van der Waals surface area contributed by atoms with Crippen LogP contribution in [0.3, 0.4) is 0 Å². The molecule has 8 heteroatoms. The molecule has 29 heavy (non-hydrogen) atoms. The molecular formula is C21H26ClN3O3S. The lowest BCUT2D eigenvalue weighted by atomic mass is 10.1. The van der Waals surface area contributed by atoms with E-state index < -0.39 is 10.0 Å². The van der Waals surface area contributed by atoms with Gasteiger partial charge < -0.3 is 5.32 Å². The van der Waals surface area contributed by atoms with E-state index in [4.69, 9.17) is 11.6 Å². The molecular weight excluding hydrogens is 410 g/mol. The summed E-state index contributed by atoms with van der Waals surface area (Å²) in [5.41, 5.74) is 2.96. The molecule has 2 aromatic rings. The molecule has 1 saturated heterocycles. The minimum Gasteiger partial charge on any atom is -0.324 e. The lowest BCUT2D eigenvalue weighted by Gasteiger charge is -2.36. The zero-order valence-corrected chi connectivity index (χ0v) is 18.4. The standard InChI is InChI=1S/C21H26ClN3O3S/c1-15-8-9-19(16(2)14-15)23-21(26)17(3)24-10-12-25(13-11-24)29(27,28)20-7-5-4-6-18(20)22/h4-9,14,17H,10-13H2,1-3H3,(H,23,26). The van der Waals surface area contributed by atoms with E-state index in [2.05, 4.69) is 5.32 Å². The number of anilines is 1. The highest BCUT2D eigenvalue weighted by Gasteiger charge is 2.32. The number of hydrogen-bond acceptors (Lipinski definition) is 4. The summed E-state index contributed by atoms with van der Waals surface area (Å²) in [7, 11) is -3.65. The Morgan fingerprint density at radius 2 is 1.72 bits per heavy atom. The molecule has 1 atom stereocenters. The molecule has 0 radical (unpaired) electrons. The molecule has 0 spiro atoms. The van der Waals surface area contributed by atoms with Crippen molar-refractivity contribution in [3.05, 3.63) is 58.6 Å². The molecule has 3 rings (SSSR count). The van der Waals surface area contributed by atoms with Crippen LogP contribution >= 0.6 is 11.6 Å². The van der Waals surface area contributed by atoms with E-state index in [9.17, 15) is 13.2 Å². The average Bonchev–Trinajstić information content (AvgIpc) is 2.69. The number of nitrogens with one attached hydrogen (secondary N) is 1. The highest BCUT2D eigenvalue weighted by atomic mass is 35.5. The molecule has 0 aromatic heterocycles. The van der Waals surface area contributed by atoms with Crippen molar-refractivity contribution in [2.24, 2.45) is 0 Å². The summed E-state index contributed by atoms with van der Waals surface area (Å²) in [6.45, 7) is 7.40. The highest BCUT2D eigenvalue weighted by Crippen LogP contribution is 2.25. The first kappa shape index (κ1) is 21.8. The van der Waals surface area contributed by atoms with E-state index in [0.29, 0.717) is 26.2 Å². The normalized spacial score (nSPS) is 17.1. The van der Waals surface area contributed by atoms with Crippen LogP contribution in [0.15, 0.2) is 47.4 Å². The van der Waals surface area contributed by atoms with Crippen molar-refractivity contribution in [2.45, 2.75) is 31.7 Å². The Hall–Kier alpha value is -1.93. The van der Waals surface area contributed by atoms with E-state index in [1.165, 1.54) is 10.4 Å². The van der Waals surface area contributed by atoms with E-state index >= 15 is 0 Å². The number of carbonyl (C=O) groups is 1. The van der Waals surface area contributed by atoms with Gasteiger partial charge in [-0.2, -0.15) is 4.31 Å². The van der Waals surface area contributed by atoms with Crippen LogP contribution in [-0.2, 0) is 14.8 Å². The lowest BCUT2D eigenvalue weighted by molar-refractivity contribution is -0.121. The van der Waals surface area contributed by atoms with Gasteiger partial charge in [0.05, 0.1) is 11.1 Å². The predicted octanol–water partition coefficient (Wildman–Crippen LogP) is 3.29. The lowest BCUT2D eigenvalue weighted by Crippen LogP contribution is -2.53. The number of piperazine rings is 1. The molecule has 1 heterocycles. The minimum atomic E-state index is -3.65. The first-order chi connectivity index (χ1) is 13.7. The van der Waals surface area contributed by atoms with E-state index in [0.717, 1.165) is 16.8 Å². The topological polar surface area (TPSA) is 69.7 Å². The Balaban J connectivity index is 1.62. The van der Waals surface area contributed by atoms with Gasteiger partial charge in [0.1, 0.15) is 4.90 Å². The largest absolute Gasteiger partial charge is 0.324 e. The number of aryl methyl sites for hydroxylation is 2. The van der Waals surface area contributed by atoms with Gasteiger partial charge in [-0.15, -0.1) is 0 Å². The number of nitrogens with zero attached hydrogens (tertiary/aromatic N) is 2. The molecule has 1 aliphatic rings. The number of benzene rings is 2. The second kappa shape index (κ2) is 8.83. The van der Waals surface area contributed by atoms with Crippen molar-refractivity contribution in [1.29, 1.82) is 0 Å². The fourth-order valence-corrected chi connectivity index (χ4v) is 5.40. The number of amides is 1. The zero-order chi connectivity index (χ0) is 21.2. The van der Waals surface area contributed by atoms with Gasteiger partial charge in [-0.1, -0.05) is 41.4 Å². The number of halogens is 1. The summed E-state index contributed by atoms with van der Waals surface area (Å²) in [5.74, 6) is -0.0978. The Morgan fingerprint density at radius 1 is 1.07 bits per heavy atom. The van der Waals surface area contributed by atoms with Crippen molar-refractivity contribution in [3.8, 4) is 0 Å². The van der Waals surface area contributed by atoms with Crippen molar-refractivity contribution < 1.29 is 13.2 Å². The summed E-state index contributed by atoms with van der Waals surface area (Å²) in [6.07, 6.45) is 0. The van der Waals surface area contributed by atoms with Crippen LogP contribution in [0.25, 0.3) is 0 Å². The summed E-state index contributed by atoms with van der Waals surface area (Å²) in [6, 6.07) is 12.0. The van der Waals surface area contributed by atoms with Crippen LogP contribution in [-0.4, -0.2) is 55.8 Å². The fraction of sp³-hybridized carbons (Fsp3) is 0.381. The Bertz CT molecular complexity index is 1000. The van der Waals surface area contributed by atoms with Crippen LogP contribution in [0.2, 0.25) is 5.02 Å². The molecule has 1 unspecified atom stereocenters. The fourth-order valence-electron chi connectivity index (χ4n) is 3.48. The van der Waals surface area contributed by atoms with Crippen LogP contribution in [0.1, 0.15) is 18.1 Å². The summed E-state index contributed by atoms with van der Waals surface area (Å²) in [4.78, 5) is 14.8. The van der Waals surface area contributed by atoms with Crippen LogP contribution in [0.5, 0.6) is 0 Å². The van der Waals surface area contributed by atoms with Gasteiger partial charge >= 0.3 is 0 Å². The molecule has 1 aliphatic heterocycles. The van der Waals surface area contributed by atoms with Crippen molar-refractivity contribution in [2.75, 3.05) is 31.5 Å². The summed E-state index contributed by atoms with van der Waals surface area (Å²) < 4.78 is 27.2. The molecule has 0 bridgehead atoms. The Morgan fingerprint density at radius 3 is 2.34 bits per heavy atom. The maximum Gasteiger partial charge on any atom is 0.244 e. The van der Waals surface area contributed by atoms with Crippen LogP contribution < -0.4 is 5.32 Å². The molecule has 0 saturated carbocycles. The first-order valence-corrected chi connectivity index (χ1v) is 11.4. The monoisotopic (exact) mass is 435 g/mol. The summed E-state index contributed by atoms with van der Waals surface area (Å²) >= 11 is 6.08. The van der Waals surface area contributed by atoms with Gasteiger partial charge in [-0.3, -0.25) is 9.69 Å². The molecule has 6 nitrogen and oxygen atoms in total. The maximum absolute atomic E-state index is 12.9. The van der Waals surface area contributed by atoms with Crippen LogP contribution in [0, 0.1) is 13.8 Å². The number of sulfonamides is 1. The van der Waals surface area contributed by atoms with Gasteiger partial charge in [0, 0.05) is 31.9 Å². The third kappa shape index (κ3) is 4.80. The Labute approximate surface area is 177 Å². The number of rotatable bonds is 5. The number of carbonyl (C=O) groups excluding carboxylic acids is 1. The predicted molar refractivity (Wildman–Crippen MR) is 116 cm³/mol. The molecule has 0 aliphatic carbocycles. The molecule has 1 amide bonds.